The number of nitrogens with zero attached hydrogens (tertiary/aromatic N) is 4. The first-order valence-electron chi connectivity index (χ1n) is 17.2. The SMILES string of the molecule is C[C@@H]1CN([C@@H](C)CO)C(=O)c2cc(NC(=O)Nc3cccc4ccccc34)ccc2O[C@@H](C)CCCCO[C@@H]1CN(C)S(=O)(=O)c1cn(C)cn1. The van der Waals surface area contributed by atoms with E-state index in [1.807, 2.05) is 56.3 Å². The van der Waals surface area contributed by atoms with Crippen LogP contribution >= 0.6 is 0 Å². The number of aliphatic hydroxyl groups is 1. The summed E-state index contributed by atoms with van der Waals surface area (Å²) >= 11 is 0. The third kappa shape index (κ3) is 9.25. The van der Waals surface area contributed by atoms with Crippen LogP contribution in [0.2, 0.25) is 0 Å². The van der Waals surface area contributed by atoms with Crippen LogP contribution in [-0.4, -0.2) is 95.8 Å². The molecule has 3 N–H and O–H groups in total. The number of benzene rings is 3. The van der Waals surface area contributed by atoms with Crippen LogP contribution < -0.4 is 15.4 Å². The Morgan fingerprint density at radius 3 is 2.61 bits per heavy atom. The number of anilines is 2. The normalized spacial score (nSPS) is 19.9. The van der Waals surface area contributed by atoms with Crippen molar-refractivity contribution >= 4 is 44.1 Å². The molecule has 0 unspecified atom stereocenters. The maximum absolute atomic E-state index is 14.5. The Hall–Kier alpha value is -4.50. The fraction of sp³-hybridized carbons (Fsp3) is 0.432. The molecule has 2 heterocycles. The lowest BCUT2D eigenvalue weighted by Crippen LogP contribution is -2.48. The molecule has 0 saturated carbocycles. The van der Waals surface area contributed by atoms with Crippen LogP contribution in [0, 0.1) is 5.92 Å². The number of carbonyl (C=O) groups excluding carboxylic acids is 2. The molecule has 0 radical (unpaired) electrons. The zero-order chi connectivity index (χ0) is 36.7. The van der Waals surface area contributed by atoms with E-state index < -0.39 is 34.1 Å². The Bertz CT molecular complexity index is 1930. The number of ether oxygens (including phenoxy) is 2. The molecule has 13 nitrogen and oxygen atoms in total. The molecule has 4 aromatic rings. The van der Waals surface area contributed by atoms with E-state index in [9.17, 15) is 23.1 Å². The smallest absolute Gasteiger partial charge is 0.323 e. The lowest BCUT2D eigenvalue weighted by molar-refractivity contribution is -0.00835. The molecular weight excluding hydrogens is 673 g/mol. The number of fused-ring (bicyclic) bond motifs is 2. The second-order valence-corrected chi connectivity index (χ2v) is 15.3. The summed E-state index contributed by atoms with van der Waals surface area (Å²) in [5, 5.41) is 17.8. The molecule has 0 bridgehead atoms. The topological polar surface area (TPSA) is 155 Å². The highest BCUT2D eigenvalue weighted by Crippen LogP contribution is 2.29. The fourth-order valence-corrected chi connectivity index (χ4v) is 7.26. The number of likely N-dealkylation sites (N-methyl/N-ethyl adjacent to an activating group) is 1. The van der Waals surface area contributed by atoms with E-state index in [0.29, 0.717) is 30.2 Å². The van der Waals surface area contributed by atoms with Crippen LogP contribution in [0.1, 0.15) is 50.4 Å². The van der Waals surface area contributed by atoms with Gasteiger partial charge in [-0.2, -0.15) is 4.31 Å². The van der Waals surface area contributed by atoms with Gasteiger partial charge in [-0.05, 0) is 62.8 Å². The quantitative estimate of drug-likeness (QED) is 0.221. The third-order valence-electron chi connectivity index (χ3n) is 9.14. The Kier molecular flexibility index (Phi) is 12.3. The van der Waals surface area contributed by atoms with Crippen LogP contribution in [0.5, 0.6) is 5.75 Å². The second kappa shape index (κ2) is 16.7. The number of rotatable bonds is 8. The summed E-state index contributed by atoms with van der Waals surface area (Å²) in [5.74, 6) is -0.390. The number of aromatic nitrogens is 2. The summed E-state index contributed by atoms with van der Waals surface area (Å²) < 4.78 is 42.1. The average molecular weight is 721 g/mol. The zero-order valence-corrected chi connectivity index (χ0v) is 30.6. The van der Waals surface area contributed by atoms with Crippen LogP contribution in [0.15, 0.2) is 78.2 Å². The largest absolute Gasteiger partial charge is 0.490 e. The third-order valence-corrected chi connectivity index (χ3v) is 10.8. The number of nitrogens with one attached hydrogen (secondary N) is 2. The molecule has 0 fully saturated rings. The molecule has 0 spiro atoms. The predicted octanol–water partition coefficient (Wildman–Crippen LogP) is 5.33. The van der Waals surface area contributed by atoms with Crippen molar-refractivity contribution < 1.29 is 32.6 Å². The summed E-state index contributed by atoms with van der Waals surface area (Å²) in [6.45, 7) is 5.84. The minimum atomic E-state index is -3.90. The maximum Gasteiger partial charge on any atom is 0.323 e. The van der Waals surface area contributed by atoms with Gasteiger partial charge in [-0.1, -0.05) is 43.3 Å². The number of hydrogen-bond acceptors (Lipinski definition) is 8. The molecule has 3 aromatic carbocycles. The van der Waals surface area contributed by atoms with Crippen LogP contribution in [0.3, 0.4) is 0 Å². The Morgan fingerprint density at radius 1 is 1.10 bits per heavy atom. The molecule has 0 saturated heterocycles. The molecule has 3 amide bonds. The zero-order valence-electron chi connectivity index (χ0n) is 29.8. The Morgan fingerprint density at radius 2 is 1.86 bits per heavy atom. The molecule has 4 atom stereocenters. The van der Waals surface area contributed by atoms with Gasteiger partial charge in [0.2, 0.25) is 0 Å². The van der Waals surface area contributed by atoms with Crippen LogP contribution in [0.25, 0.3) is 10.8 Å². The number of amides is 3. The summed E-state index contributed by atoms with van der Waals surface area (Å²) in [6.07, 6.45) is 4.28. The van der Waals surface area contributed by atoms with Gasteiger partial charge >= 0.3 is 6.03 Å². The summed E-state index contributed by atoms with van der Waals surface area (Å²) in [4.78, 5) is 33.2. The first-order valence-corrected chi connectivity index (χ1v) is 18.7. The van der Waals surface area contributed by atoms with Gasteiger partial charge in [-0.25, -0.2) is 18.2 Å². The standard InChI is InChI=1S/C37H48N6O7S/c1-25-20-43(26(2)23-44)36(45)31-19-29(39-37(46)40-32-15-10-13-28-12-6-7-14-30(28)32)16-17-33(31)50-27(3)11-8-9-18-49-34(25)21-42(5)51(47,48)35-22-41(4)24-38-35/h6-7,10,12-17,19,22,24-27,34,44H,8-9,11,18,20-21,23H2,1-5H3,(H2,39,40,46)/t25-,26+,27+,34-/m1/s1. The number of imidazole rings is 1. The number of aliphatic hydroxyl groups excluding tert-OH is 1. The molecule has 274 valence electrons. The van der Waals surface area contributed by atoms with Crippen molar-refractivity contribution in [2.75, 3.05) is 44.0 Å². The first kappa shape index (κ1) is 37.7. The summed E-state index contributed by atoms with van der Waals surface area (Å²) in [6, 6.07) is 17.3. The molecular formula is C37H48N6O7S. The fourth-order valence-electron chi connectivity index (χ4n) is 6.12. The lowest BCUT2D eigenvalue weighted by Gasteiger charge is -2.35. The van der Waals surface area contributed by atoms with E-state index in [2.05, 4.69) is 15.6 Å². The van der Waals surface area contributed by atoms with E-state index in [4.69, 9.17) is 9.47 Å². The highest BCUT2D eigenvalue weighted by atomic mass is 32.2. The molecule has 0 aliphatic carbocycles. The number of urea groups is 1. The van der Waals surface area contributed by atoms with Crippen molar-refractivity contribution in [2.24, 2.45) is 13.0 Å². The average Bonchev–Trinajstić information content (AvgIpc) is 3.56. The van der Waals surface area contributed by atoms with E-state index in [-0.39, 0.29) is 42.3 Å². The summed E-state index contributed by atoms with van der Waals surface area (Å²) in [7, 11) is -0.703. The molecule has 14 heteroatoms. The van der Waals surface area contributed by atoms with Gasteiger partial charge in [0.15, 0.2) is 5.03 Å². The van der Waals surface area contributed by atoms with Gasteiger partial charge in [-0.3, -0.25) is 4.79 Å². The number of carbonyl (C=O) groups is 2. The Labute approximate surface area is 299 Å². The first-order chi connectivity index (χ1) is 24.4. The van der Waals surface area contributed by atoms with Gasteiger partial charge < -0.3 is 34.7 Å². The van der Waals surface area contributed by atoms with Gasteiger partial charge in [0.05, 0.1) is 42.4 Å². The van der Waals surface area contributed by atoms with Crippen molar-refractivity contribution in [3.8, 4) is 5.75 Å². The maximum atomic E-state index is 14.5. The predicted molar refractivity (Wildman–Crippen MR) is 196 cm³/mol. The van der Waals surface area contributed by atoms with Gasteiger partial charge in [0, 0.05) is 57.0 Å². The number of hydrogen-bond donors (Lipinski definition) is 3. The van der Waals surface area contributed by atoms with Crippen LogP contribution in [-0.2, 0) is 21.8 Å². The monoisotopic (exact) mass is 720 g/mol. The van der Waals surface area contributed by atoms with E-state index in [1.54, 1.807) is 41.6 Å². The minimum Gasteiger partial charge on any atom is -0.490 e. The van der Waals surface area contributed by atoms with Crippen molar-refractivity contribution in [3.63, 3.8) is 0 Å². The number of aryl methyl sites for hydroxylation is 1. The molecule has 1 aromatic heterocycles. The molecule has 51 heavy (non-hydrogen) atoms. The van der Waals surface area contributed by atoms with E-state index in [0.717, 1.165) is 23.6 Å². The van der Waals surface area contributed by atoms with Crippen LogP contribution in [0.4, 0.5) is 16.2 Å². The molecule has 1 aliphatic rings. The van der Waals surface area contributed by atoms with Crippen molar-refractivity contribution in [1.82, 2.24) is 18.8 Å². The van der Waals surface area contributed by atoms with Crippen molar-refractivity contribution in [1.29, 1.82) is 0 Å². The number of sulfonamides is 1. The minimum absolute atomic E-state index is 0.0333. The van der Waals surface area contributed by atoms with Crippen molar-refractivity contribution in [3.05, 3.63) is 78.8 Å². The van der Waals surface area contributed by atoms with E-state index >= 15 is 0 Å². The Balaban J connectivity index is 1.41. The molecule has 1 aliphatic heterocycles. The van der Waals surface area contributed by atoms with Crippen molar-refractivity contribution in [2.45, 2.75) is 63.3 Å². The highest BCUT2D eigenvalue weighted by molar-refractivity contribution is 7.89. The van der Waals surface area contributed by atoms with Gasteiger partial charge in [-0.15, -0.1) is 0 Å². The highest BCUT2D eigenvalue weighted by Gasteiger charge is 2.33. The molecule has 5 rings (SSSR count). The van der Waals surface area contributed by atoms with Gasteiger partial charge in [0.25, 0.3) is 15.9 Å². The van der Waals surface area contributed by atoms with E-state index in [1.165, 1.54) is 23.9 Å². The second-order valence-electron chi connectivity index (χ2n) is 13.3. The lowest BCUT2D eigenvalue weighted by atomic mass is 10.0. The summed E-state index contributed by atoms with van der Waals surface area (Å²) in [5.41, 5.74) is 1.25. The van der Waals surface area contributed by atoms with Gasteiger partial charge in [0.1, 0.15) is 5.75 Å².